The van der Waals surface area contributed by atoms with Crippen LogP contribution in [0.5, 0.6) is 5.75 Å². The molecule has 0 radical (unpaired) electrons. The number of aryl methyl sites for hydroxylation is 1. The second-order valence-corrected chi connectivity index (χ2v) is 7.13. The number of benzene rings is 2. The molecule has 0 atom stereocenters. The molecule has 160 valence electrons. The molecular weight excluding hydrogens is 400 g/mol. The predicted octanol–water partition coefficient (Wildman–Crippen LogP) is 4.38. The van der Waals surface area contributed by atoms with Gasteiger partial charge in [0, 0.05) is 13.6 Å². The Balaban J connectivity index is 0.00000320. The number of hydrogen-bond donors (Lipinski definition) is 1. The summed E-state index contributed by atoms with van der Waals surface area (Å²) in [6.45, 7) is 4.30. The van der Waals surface area contributed by atoms with E-state index < -0.39 is 0 Å². The van der Waals surface area contributed by atoms with Crippen LogP contribution in [-0.2, 0) is 24.4 Å². The maximum Gasteiger partial charge on any atom is 0.233 e. The highest BCUT2D eigenvalue weighted by Crippen LogP contribution is 2.17. The largest absolute Gasteiger partial charge is 0.489 e. The molecule has 5 nitrogen and oxygen atoms in total. The molecular formula is C24H29ClN2O3. The van der Waals surface area contributed by atoms with Crippen LogP contribution in [0.25, 0.3) is 0 Å². The van der Waals surface area contributed by atoms with Crippen molar-refractivity contribution in [1.82, 2.24) is 10.2 Å². The molecule has 3 rings (SSSR count). The number of nitrogens with zero attached hydrogens (tertiary/aromatic N) is 1. The first kappa shape index (κ1) is 23.5. The molecule has 0 unspecified atom stereocenters. The quantitative estimate of drug-likeness (QED) is 0.520. The molecule has 0 bridgehead atoms. The fourth-order valence-corrected chi connectivity index (χ4v) is 3.05. The average Bonchev–Trinajstić information content (AvgIpc) is 3.25. The standard InChI is InChI=1S/C24H28N2O3.ClH/c1-19-8-10-21(11-9-19)18-29-22-6-3-5-20(15-22)12-13-26(17-24(27)25-2)16-23-7-4-14-28-23;/h3-11,14-15H,12-13,16-18H2,1-2H3,(H,25,27);1H. The Bertz CT molecular complexity index is 895. The summed E-state index contributed by atoms with van der Waals surface area (Å²) in [6.07, 6.45) is 2.47. The normalized spacial score (nSPS) is 10.5. The summed E-state index contributed by atoms with van der Waals surface area (Å²) in [5, 5.41) is 2.69. The smallest absolute Gasteiger partial charge is 0.233 e. The molecule has 0 spiro atoms. The third-order valence-corrected chi connectivity index (χ3v) is 4.75. The van der Waals surface area contributed by atoms with Crippen molar-refractivity contribution in [3.63, 3.8) is 0 Å². The number of rotatable bonds is 10. The molecule has 1 amide bonds. The van der Waals surface area contributed by atoms with Crippen LogP contribution >= 0.6 is 12.4 Å². The van der Waals surface area contributed by atoms with Crippen LogP contribution in [0, 0.1) is 6.92 Å². The van der Waals surface area contributed by atoms with E-state index in [-0.39, 0.29) is 18.3 Å². The van der Waals surface area contributed by atoms with E-state index in [9.17, 15) is 4.79 Å². The van der Waals surface area contributed by atoms with E-state index in [4.69, 9.17) is 9.15 Å². The molecule has 0 fully saturated rings. The van der Waals surface area contributed by atoms with Gasteiger partial charge >= 0.3 is 0 Å². The van der Waals surface area contributed by atoms with Crippen LogP contribution in [-0.4, -0.2) is 30.9 Å². The van der Waals surface area contributed by atoms with Gasteiger partial charge in [0.1, 0.15) is 18.1 Å². The minimum atomic E-state index is -0.00765. The molecule has 0 aliphatic heterocycles. The van der Waals surface area contributed by atoms with Crippen LogP contribution < -0.4 is 10.1 Å². The zero-order chi connectivity index (χ0) is 20.5. The van der Waals surface area contributed by atoms with Gasteiger partial charge in [0.05, 0.1) is 19.4 Å². The van der Waals surface area contributed by atoms with Crippen molar-refractivity contribution in [1.29, 1.82) is 0 Å². The third kappa shape index (κ3) is 7.58. The van der Waals surface area contributed by atoms with Crippen LogP contribution in [0.4, 0.5) is 0 Å². The van der Waals surface area contributed by atoms with Crippen LogP contribution in [0.1, 0.15) is 22.5 Å². The fourth-order valence-electron chi connectivity index (χ4n) is 3.05. The van der Waals surface area contributed by atoms with E-state index in [2.05, 4.69) is 53.5 Å². The molecule has 0 saturated heterocycles. The minimum absolute atomic E-state index is 0. The first-order valence-electron chi connectivity index (χ1n) is 9.85. The molecule has 30 heavy (non-hydrogen) atoms. The van der Waals surface area contributed by atoms with Gasteiger partial charge in [0.15, 0.2) is 0 Å². The molecule has 1 N–H and O–H groups in total. The average molecular weight is 429 g/mol. The second kappa shape index (κ2) is 12.1. The highest BCUT2D eigenvalue weighted by Gasteiger charge is 2.12. The Morgan fingerprint density at radius 2 is 1.87 bits per heavy atom. The Morgan fingerprint density at radius 3 is 2.57 bits per heavy atom. The monoisotopic (exact) mass is 428 g/mol. The van der Waals surface area contributed by atoms with Gasteiger partial charge in [-0.15, -0.1) is 12.4 Å². The number of ether oxygens (including phenoxy) is 1. The summed E-state index contributed by atoms with van der Waals surface area (Å²) in [6, 6.07) is 20.3. The highest BCUT2D eigenvalue weighted by molar-refractivity contribution is 5.85. The summed E-state index contributed by atoms with van der Waals surface area (Å²) in [5.74, 6) is 1.70. The van der Waals surface area contributed by atoms with Crippen molar-refractivity contribution in [3.8, 4) is 5.75 Å². The van der Waals surface area contributed by atoms with Crippen LogP contribution in [0.3, 0.4) is 0 Å². The number of amides is 1. The van der Waals surface area contributed by atoms with Crippen molar-refractivity contribution in [2.45, 2.75) is 26.5 Å². The summed E-state index contributed by atoms with van der Waals surface area (Å²) < 4.78 is 11.4. The van der Waals surface area contributed by atoms with Gasteiger partial charge in [0.25, 0.3) is 0 Å². The zero-order valence-corrected chi connectivity index (χ0v) is 18.3. The Morgan fingerprint density at radius 1 is 1.07 bits per heavy atom. The van der Waals surface area contributed by atoms with E-state index >= 15 is 0 Å². The summed E-state index contributed by atoms with van der Waals surface area (Å²) in [5.41, 5.74) is 3.57. The number of carbonyl (C=O) groups is 1. The molecule has 0 aliphatic rings. The topological polar surface area (TPSA) is 54.7 Å². The van der Waals surface area contributed by atoms with E-state index in [0.717, 1.165) is 30.0 Å². The van der Waals surface area contributed by atoms with Crippen molar-refractivity contribution in [2.75, 3.05) is 20.1 Å². The van der Waals surface area contributed by atoms with E-state index in [1.807, 2.05) is 24.3 Å². The van der Waals surface area contributed by atoms with E-state index in [1.165, 1.54) is 11.1 Å². The molecule has 6 heteroatoms. The van der Waals surface area contributed by atoms with Gasteiger partial charge < -0.3 is 14.5 Å². The highest BCUT2D eigenvalue weighted by atomic mass is 35.5. The number of hydrogen-bond acceptors (Lipinski definition) is 4. The number of nitrogens with one attached hydrogen (secondary N) is 1. The van der Waals surface area contributed by atoms with Gasteiger partial charge in [0.2, 0.25) is 5.91 Å². The lowest BCUT2D eigenvalue weighted by Gasteiger charge is -2.20. The SMILES string of the molecule is CNC(=O)CN(CCc1cccc(OCc2ccc(C)cc2)c1)Cc1ccco1.Cl. The first-order valence-corrected chi connectivity index (χ1v) is 9.85. The van der Waals surface area contributed by atoms with Crippen LogP contribution in [0.15, 0.2) is 71.3 Å². The van der Waals surface area contributed by atoms with Gasteiger partial charge in [-0.2, -0.15) is 0 Å². The maximum absolute atomic E-state index is 11.9. The summed E-state index contributed by atoms with van der Waals surface area (Å²) in [7, 11) is 1.66. The summed E-state index contributed by atoms with van der Waals surface area (Å²) >= 11 is 0. The van der Waals surface area contributed by atoms with Gasteiger partial charge in [-0.25, -0.2) is 0 Å². The van der Waals surface area contributed by atoms with Crippen molar-refractivity contribution < 1.29 is 13.9 Å². The number of carbonyl (C=O) groups excluding carboxylic acids is 1. The molecule has 1 aromatic heterocycles. The van der Waals surface area contributed by atoms with E-state index in [1.54, 1.807) is 13.3 Å². The molecule has 0 aliphatic carbocycles. The molecule has 0 saturated carbocycles. The number of likely N-dealkylation sites (N-methyl/N-ethyl adjacent to an activating group) is 1. The number of halogens is 1. The third-order valence-electron chi connectivity index (χ3n) is 4.75. The molecule has 3 aromatic rings. The van der Waals surface area contributed by atoms with Gasteiger partial charge in [-0.1, -0.05) is 42.0 Å². The summed E-state index contributed by atoms with van der Waals surface area (Å²) in [4.78, 5) is 13.9. The lowest BCUT2D eigenvalue weighted by Crippen LogP contribution is -2.36. The second-order valence-electron chi connectivity index (χ2n) is 7.13. The maximum atomic E-state index is 11.9. The fraction of sp³-hybridized carbons (Fsp3) is 0.292. The lowest BCUT2D eigenvalue weighted by molar-refractivity contribution is -0.121. The lowest BCUT2D eigenvalue weighted by atomic mass is 10.1. The Hall–Kier alpha value is -2.76. The van der Waals surface area contributed by atoms with Crippen molar-refractivity contribution in [3.05, 3.63) is 89.4 Å². The number of furan rings is 1. The Kier molecular flexibility index (Phi) is 9.45. The van der Waals surface area contributed by atoms with Gasteiger partial charge in [-0.05, 0) is 48.7 Å². The predicted molar refractivity (Wildman–Crippen MR) is 121 cm³/mol. The van der Waals surface area contributed by atoms with Crippen LogP contribution in [0.2, 0.25) is 0 Å². The first-order chi connectivity index (χ1) is 14.1. The van der Waals surface area contributed by atoms with Gasteiger partial charge in [-0.3, -0.25) is 9.69 Å². The van der Waals surface area contributed by atoms with Crippen molar-refractivity contribution >= 4 is 18.3 Å². The molecule has 2 aromatic carbocycles. The molecule has 1 heterocycles. The van der Waals surface area contributed by atoms with E-state index in [0.29, 0.717) is 19.7 Å². The van der Waals surface area contributed by atoms with Crippen molar-refractivity contribution in [2.24, 2.45) is 0 Å². The minimum Gasteiger partial charge on any atom is -0.489 e. The zero-order valence-electron chi connectivity index (χ0n) is 17.5. The Labute approximate surface area is 184 Å².